The number of alkyl halides is 3. The summed E-state index contributed by atoms with van der Waals surface area (Å²) < 4.78 is 60.7. The topological polar surface area (TPSA) is 138 Å². The number of amides is 1. The number of halogens is 3. The van der Waals surface area contributed by atoms with Crippen LogP contribution in [-0.2, 0) is 19.6 Å². The van der Waals surface area contributed by atoms with Crippen molar-refractivity contribution in [2.75, 3.05) is 10.0 Å². The van der Waals surface area contributed by atoms with Crippen LogP contribution < -0.4 is 10.0 Å². The van der Waals surface area contributed by atoms with Crippen LogP contribution in [0.1, 0.15) is 48.2 Å². The molecule has 0 radical (unpaired) electrons. The number of anilines is 2. The highest BCUT2D eigenvalue weighted by molar-refractivity contribution is 7.92. The molecule has 1 amide bonds. The molecule has 9 nitrogen and oxygen atoms in total. The van der Waals surface area contributed by atoms with Crippen LogP contribution >= 0.6 is 11.3 Å². The van der Waals surface area contributed by atoms with Crippen molar-refractivity contribution in [1.82, 2.24) is 9.97 Å². The molecule has 1 aliphatic carbocycles. The highest BCUT2D eigenvalue weighted by Crippen LogP contribution is 2.36. The number of hydrogen-bond donors (Lipinski definition) is 3. The number of nitrogens with zero attached hydrogens (tertiary/aromatic N) is 2. The Morgan fingerprint density at radius 1 is 0.975 bits per heavy atom. The van der Waals surface area contributed by atoms with E-state index in [1.807, 2.05) is 32.9 Å². The van der Waals surface area contributed by atoms with E-state index in [9.17, 15) is 26.4 Å². The summed E-state index contributed by atoms with van der Waals surface area (Å²) in [6.45, 7) is 7.39. The predicted molar refractivity (Wildman–Crippen MR) is 146 cm³/mol. The van der Waals surface area contributed by atoms with Gasteiger partial charge >= 0.3 is 12.1 Å². The Morgan fingerprint density at radius 3 is 2.15 bits per heavy atom. The van der Waals surface area contributed by atoms with Crippen LogP contribution in [0.15, 0.2) is 35.2 Å². The molecule has 14 heteroatoms. The summed E-state index contributed by atoms with van der Waals surface area (Å²) in [4.78, 5) is 31.2. The molecule has 0 atom stereocenters. The van der Waals surface area contributed by atoms with Gasteiger partial charge in [0.1, 0.15) is 5.82 Å². The molecule has 1 aliphatic rings. The molecule has 1 aromatic carbocycles. The second-order valence-electron chi connectivity index (χ2n) is 9.39. The first-order chi connectivity index (χ1) is 18.6. The van der Waals surface area contributed by atoms with Crippen molar-refractivity contribution in [2.24, 2.45) is 5.92 Å². The predicted octanol–water partition coefficient (Wildman–Crippen LogP) is 6.00. The fraction of sp³-hybridized carbons (Fsp3) is 0.385. The zero-order valence-corrected chi connectivity index (χ0v) is 23.9. The van der Waals surface area contributed by atoms with Gasteiger partial charge in [-0.2, -0.15) is 13.2 Å². The van der Waals surface area contributed by atoms with Gasteiger partial charge in [0.15, 0.2) is 5.13 Å². The van der Waals surface area contributed by atoms with Crippen molar-refractivity contribution < 1.29 is 36.3 Å². The first-order valence-electron chi connectivity index (χ1n) is 12.2. The third kappa shape index (κ3) is 7.78. The number of pyridine rings is 1. The van der Waals surface area contributed by atoms with E-state index in [1.54, 1.807) is 25.1 Å². The van der Waals surface area contributed by atoms with Gasteiger partial charge in [-0.15, -0.1) is 0 Å². The third-order valence-electron chi connectivity index (χ3n) is 6.32. The zero-order chi connectivity index (χ0) is 29.8. The van der Waals surface area contributed by atoms with E-state index in [2.05, 4.69) is 20.0 Å². The molecule has 0 bridgehead atoms. The largest absolute Gasteiger partial charge is 0.490 e. The SMILES string of the molecule is Cc1ccc(-c2sc(NC(=O)C3CCCC3)nc2C)cc1S(=O)(=O)Nc1ccc(C)c(C)n1.O=C(O)C(F)(F)F. The number of sulfonamides is 1. The number of aliphatic carboxylic acids is 1. The lowest BCUT2D eigenvalue weighted by Crippen LogP contribution is -2.21. The van der Waals surface area contributed by atoms with Crippen molar-refractivity contribution in [3.63, 3.8) is 0 Å². The molecule has 0 unspecified atom stereocenters. The lowest BCUT2D eigenvalue weighted by molar-refractivity contribution is -0.192. The molecule has 4 rings (SSSR count). The summed E-state index contributed by atoms with van der Waals surface area (Å²) >= 11 is 1.36. The number of rotatable bonds is 6. The molecule has 0 saturated heterocycles. The lowest BCUT2D eigenvalue weighted by Gasteiger charge is -2.12. The zero-order valence-electron chi connectivity index (χ0n) is 22.2. The number of hydrogen-bond acceptors (Lipinski definition) is 7. The van der Waals surface area contributed by atoms with Crippen molar-refractivity contribution in [3.05, 3.63) is 52.8 Å². The highest BCUT2D eigenvalue weighted by atomic mass is 32.2. The summed E-state index contributed by atoms with van der Waals surface area (Å²) in [6, 6.07) is 8.82. The van der Waals surface area contributed by atoms with Crippen molar-refractivity contribution >= 4 is 44.2 Å². The summed E-state index contributed by atoms with van der Waals surface area (Å²) in [7, 11) is -3.84. The molecule has 216 valence electrons. The number of aromatic nitrogens is 2. The van der Waals surface area contributed by atoms with E-state index in [4.69, 9.17) is 9.90 Å². The smallest absolute Gasteiger partial charge is 0.475 e. The van der Waals surface area contributed by atoms with Gasteiger partial charge in [-0.25, -0.2) is 23.2 Å². The minimum atomic E-state index is -5.08. The van der Waals surface area contributed by atoms with Crippen molar-refractivity contribution in [3.8, 4) is 10.4 Å². The van der Waals surface area contributed by atoms with E-state index in [0.717, 1.165) is 53.1 Å². The molecular weight excluding hydrogens is 569 g/mol. The standard InChI is InChI=1S/C24H28N4O3S2.C2HF3O2/c1-14-10-12-21(25-16(14)3)28-33(30,31)20-13-19(11-9-15(20)2)22-17(4)26-24(32-22)27-23(29)18-7-5-6-8-18;3-2(4,5)1(6)7/h9-13,18H,5-8H2,1-4H3,(H,25,28)(H,26,27,29);(H,6,7). The summed E-state index contributed by atoms with van der Waals surface area (Å²) in [5.74, 6) is -2.40. The molecular formula is C26H29F3N4O5S2. The summed E-state index contributed by atoms with van der Waals surface area (Å²) in [6.07, 6.45) is -1.06. The highest BCUT2D eigenvalue weighted by Gasteiger charge is 2.38. The summed E-state index contributed by atoms with van der Waals surface area (Å²) in [5, 5.41) is 10.6. The van der Waals surface area contributed by atoms with Gasteiger partial charge in [-0.1, -0.05) is 42.4 Å². The van der Waals surface area contributed by atoms with Crippen molar-refractivity contribution in [2.45, 2.75) is 64.5 Å². The number of carbonyl (C=O) groups is 2. The van der Waals surface area contributed by atoms with Gasteiger partial charge in [-0.05, 0) is 69.4 Å². The molecule has 2 heterocycles. The fourth-order valence-corrected chi connectivity index (χ4v) is 6.26. The van der Waals surface area contributed by atoms with Crippen molar-refractivity contribution in [1.29, 1.82) is 0 Å². The first-order valence-corrected chi connectivity index (χ1v) is 14.5. The molecule has 3 aromatic rings. The lowest BCUT2D eigenvalue weighted by atomic mass is 10.1. The van der Waals surface area contributed by atoms with E-state index in [0.29, 0.717) is 10.7 Å². The van der Waals surface area contributed by atoms with E-state index < -0.39 is 22.2 Å². The average Bonchev–Trinajstić information content (AvgIpc) is 3.51. The van der Waals surface area contributed by atoms with Crippen LogP contribution in [0, 0.1) is 33.6 Å². The Kier molecular flexibility index (Phi) is 9.56. The Balaban J connectivity index is 0.000000559. The fourth-order valence-electron chi connectivity index (χ4n) is 4.02. The monoisotopic (exact) mass is 598 g/mol. The third-order valence-corrected chi connectivity index (χ3v) is 8.94. The second-order valence-corrected chi connectivity index (χ2v) is 12.0. The van der Waals surface area contributed by atoms with E-state index in [-0.39, 0.29) is 22.5 Å². The van der Waals surface area contributed by atoms with Gasteiger partial charge in [-0.3, -0.25) is 9.52 Å². The van der Waals surface area contributed by atoms with Crippen LogP contribution in [-0.4, -0.2) is 41.5 Å². The maximum Gasteiger partial charge on any atom is 0.490 e. The van der Waals surface area contributed by atoms with Crippen LogP contribution in [0.3, 0.4) is 0 Å². The minimum Gasteiger partial charge on any atom is -0.475 e. The van der Waals surface area contributed by atoms with Gasteiger partial charge in [0.05, 0.1) is 15.5 Å². The Hall–Kier alpha value is -3.52. The number of carboxylic acid groups (broad SMARTS) is 1. The maximum absolute atomic E-state index is 13.2. The maximum atomic E-state index is 13.2. The van der Waals surface area contributed by atoms with Crippen LogP contribution in [0.5, 0.6) is 0 Å². The van der Waals surface area contributed by atoms with E-state index in [1.165, 1.54) is 11.3 Å². The number of aryl methyl sites for hydroxylation is 4. The quantitative estimate of drug-likeness (QED) is 0.316. The van der Waals surface area contributed by atoms with E-state index >= 15 is 0 Å². The molecule has 1 saturated carbocycles. The van der Waals surface area contributed by atoms with Gasteiger partial charge in [0, 0.05) is 11.6 Å². The number of nitrogens with one attached hydrogen (secondary N) is 2. The number of benzene rings is 1. The number of thiazole rings is 1. The van der Waals surface area contributed by atoms with Crippen LogP contribution in [0.2, 0.25) is 0 Å². The average molecular weight is 599 g/mol. The Labute approximate surface area is 233 Å². The molecule has 40 heavy (non-hydrogen) atoms. The van der Waals surface area contributed by atoms with Crippen LogP contribution in [0.4, 0.5) is 24.1 Å². The Morgan fingerprint density at radius 2 is 1.57 bits per heavy atom. The molecule has 0 aliphatic heterocycles. The molecule has 3 N–H and O–H groups in total. The Bertz CT molecular complexity index is 1510. The van der Waals surface area contributed by atoms with Gasteiger partial charge in [0.2, 0.25) is 5.91 Å². The molecule has 1 fully saturated rings. The van der Waals surface area contributed by atoms with Gasteiger partial charge in [0.25, 0.3) is 10.0 Å². The van der Waals surface area contributed by atoms with Gasteiger partial charge < -0.3 is 10.4 Å². The van der Waals surface area contributed by atoms with Crippen LogP contribution in [0.25, 0.3) is 10.4 Å². The molecule has 2 aromatic heterocycles. The second kappa shape index (κ2) is 12.3. The number of carboxylic acids is 1. The number of carbonyl (C=O) groups excluding carboxylic acids is 1. The first kappa shape index (κ1) is 31.0. The molecule has 0 spiro atoms. The normalized spacial score (nSPS) is 13.9. The summed E-state index contributed by atoms with van der Waals surface area (Å²) in [5.41, 5.74) is 3.89. The minimum absolute atomic E-state index is 0.0186.